The van der Waals surface area contributed by atoms with Crippen molar-refractivity contribution in [2.24, 2.45) is 0 Å². The van der Waals surface area contributed by atoms with E-state index in [0.717, 1.165) is 61.0 Å². The Balaban J connectivity index is 1.53. The minimum Gasteiger partial charge on any atom is -0.507 e. The van der Waals surface area contributed by atoms with Gasteiger partial charge in [0.2, 0.25) is 0 Å². The number of piperidine rings is 1. The number of aliphatic hydroxyl groups excluding tert-OH is 1. The van der Waals surface area contributed by atoms with Crippen molar-refractivity contribution >= 4 is 11.5 Å². The topological polar surface area (TPSA) is 67.8 Å². The molecule has 2 heterocycles. The van der Waals surface area contributed by atoms with E-state index in [0.29, 0.717) is 24.5 Å². The molecule has 28 heavy (non-hydrogen) atoms. The van der Waals surface area contributed by atoms with E-state index < -0.39 is 11.6 Å². The highest BCUT2D eigenvalue weighted by molar-refractivity contribution is 6.20. The Bertz CT molecular complexity index is 776. The quantitative estimate of drug-likeness (QED) is 0.773. The number of ether oxygens (including phenoxy) is 2. The van der Waals surface area contributed by atoms with Crippen LogP contribution in [0.5, 0.6) is 0 Å². The van der Waals surface area contributed by atoms with Crippen LogP contribution >= 0.6 is 0 Å². The van der Waals surface area contributed by atoms with E-state index in [2.05, 4.69) is 5.32 Å². The number of carbonyl (C=O) groups is 1. The van der Waals surface area contributed by atoms with Gasteiger partial charge in [-0.2, -0.15) is 0 Å². The first-order valence-electron chi connectivity index (χ1n) is 10.5. The Labute approximate surface area is 167 Å². The fraction of sp³-hybridized carbons (Fsp3) is 0.609. The minimum atomic E-state index is -0.871. The van der Waals surface area contributed by atoms with Crippen LogP contribution in [0.25, 0.3) is 5.57 Å². The van der Waals surface area contributed by atoms with Gasteiger partial charge in [-0.15, -0.1) is 0 Å². The Kier molecular flexibility index (Phi) is 5.23. The molecule has 3 aliphatic rings. The number of nitrogens with one attached hydrogen (secondary N) is 1. The van der Waals surface area contributed by atoms with Gasteiger partial charge in [-0.25, -0.2) is 4.79 Å². The summed E-state index contributed by atoms with van der Waals surface area (Å²) in [6.07, 6.45) is 5.47. The molecule has 4 rings (SSSR count). The highest BCUT2D eigenvalue weighted by atomic mass is 16.6. The third-order valence-corrected chi connectivity index (χ3v) is 6.50. The molecule has 0 atom stereocenters. The number of hydrogen-bond donors (Lipinski definition) is 2. The number of aliphatic hydroxyl groups is 1. The summed E-state index contributed by atoms with van der Waals surface area (Å²) < 4.78 is 12.1. The van der Waals surface area contributed by atoms with Gasteiger partial charge in [0.25, 0.3) is 0 Å². The number of esters is 1. The van der Waals surface area contributed by atoms with E-state index in [1.165, 1.54) is 0 Å². The summed E-state index contributed by atoms with van der Waals surface area (Å²) >= 11 is 0. The molecule has 1 spiro atoms. The first kappa shape index (κ1) is 19.5. The summed E-state index contributed by atoms with van der Waals surface area (Å²) in [7, 11) is 0. The lowest BCUT2D eigenvalue weighted by Gasteiger charge is -2.37. The van der Waals surface area contributed by atoms with Gasteiger partial charge in [0, 0.05) is 0 Å². The molecule has 1 aromatic rings. The summed E-state index contributed by atoms with van der Waals surface area (Å²) in [4.78, 5) is 12.8. The molecule has 5 heteroatoms. The summed E-state index contributed by atoms with van der Waals surface area (Å²) in [6.45, 7) is 8.04. The number of aryl methyl sites for hydroxylation is 3. The van der Waals surface area contributed by atoms with Crippen LogP contribution in [0, 0.1) is 20.8 Å². The van der Waals surface area contributed by atoms with E-state index in [1.54, 1.807) is 0 Å². The SMILES string of the molecule is Cc1cc(C)c(C2=C(O)C3(CCC(OC4CCNCC4)CC3)OC2=O)c(C)c1. The van der Waals surface area contributed by atoms with Crippen molar-refractivity contribution in [1.29, 1.82) is 0 Å². The number of carbonyl (C=O) groups excluding carboxylic acids is 1. The van der Waals surface area contributed by atoms with Gasteiger partial charge in [0.1, 0.15) is 5.57 Å². The molecule has 0 radical (unpaired) electrons. The molecule has 1 aliphatic carbocycles. The van der Waals surface area contributed by atoms with Crippen molar-refractivity contribution in [3.05, 3.63) is 40.1 Å². The average molecular weight is 386 g/mol. The predicted molar refractivity (Wildman–Crippen MR) is 108 cm³/mol. The molecule has 2 fully saturated rings. The van der Waals surface area contributed by atoms with Gasteiger partial charge in [-0.05, 0) is 89.1 Å². The number of rotatable bonds is 3. The molecule has 5 nitrogen and oxygen atoms in total. The molecule has 1 saturated heterocycles. The normalized spacial score (nSPS) is 28.8. The first-order valence-corrected chi connectivity index (χ1v) is 10.5. The third kappa shape index (κ3) is 3.46. The van der Waals surface area contributed by atoms with E-state index in [4.69, 9.17) is 9.47 Å². The standard InChI is InChI=1S/C23H31NO4/c1-14-12-15(2)19(16(3)13-14)20-21(25)23(28-22(20)26)8-4-17(5-9-23)27-18-6-10-24-11-7-18/h12-13,17-18,24-25H,4-11H2,1-3H3. The molecule has 1 saturated carbocycles. The maximum absolute atomic E-state index is 12.8. The fourth-order valence-corrected chi connectivity index (χ4v) is 5.13. The van der Waals surface area contributed by atoms with Crippen LogP contribution in [-0.4, -0.2) is 42.0 Å². The molecular weight excluding hydrogens is 354 g/mol. The first-order chi connectivity index (χ1) is 13.4. The summed E-state index contributed by atoms with van der Waals surface area (Å²) in [5, 5.41) is 14.5. The van der Waals surface area contributed by atoms with Crippen molar-refractivity contribution < 1.29 is 19.4 Å². The molecule has 2 aliphatic heterocycles. The van der Waals surface area contributed by atoms with Crippen molar-refractivity contribution in [2.45, 2.75) is 77.1 Å². The van der Waals surface area contributed by atoms with Crippen molar-refractivity contribution in [3.8, 4) is 0 Å². The monoisotopic (exact) mass is 385 g/mol. The second-order valence-corrected chi connectivity index (χ2v) is 8.67. The molecule has 0 bridgehead atoms. The van der Waals surface area contributed by atoms with Crippen LogP contribution < -0.4 is 5.32 Å². The highest BCUT2D eigenvalue weighted by Gasteiger charge is 2.51. The third-order valence-electron chi connectivity index (χ3n) is 6.50. The maximum Gasteiger partial charge on any atom is 0.343 e. The summed E-state index contributed by atoms with van der Waals surface area (Å²) in [5.74, 6) is -0.279. The van der Waals surface area contributed by atoms with Crippen molar-refractivity contribution in [3.63, 3.8) is 0 Å². The number of benzene rings is 1. The lowest BCUT2D eigenvalue weighted by Crippen LogP contribution is -2.41. The van der Waals surface area contributed by atoms with Crippen molar-refractivity contribution in [1.82, 2.24) is 5.32 Å². The second kappa shape index (κ2) is 7.53. The summed E-state index contributed by atoms with van der Waals surface area (Å²) in [5.41, 5.74) is 3.44. The van der Waals surface area contributed by atoms with Crippen LogP contribution in [0.15, 0.2) is 17.9 Å². The Hall–Kier alpha value is -1.85. The second-order valence-electron chi connectivity index (χ2n) is 8.67. The maximum atomic E-state index is 12.8. The summed E-state index contributed by atoms with van der Waals surface area (Å²) in [6, 6.07) is 4.09. The number of hydrogen-bond acceptors (Lipinski definition) is 5. The predicted octanol–water partition coefficient (Wildman–Crippen LogP) is 3.89. The zero-order chi connectivity index (χ0) is 19.9. The highest BCUT2D eigenvalue weighted by Crippen LogP contribution is 2.47. The van der Waals surface area contributed by atoms with Gasteiger partial charge in [0.15, 0.2) is 11.4 Å². The molecular formula is C23H31NO4. The van der Waals surface area contributed by atoms with Gasteiger partial charge < -0.3 is 19.9 Å². The molecule has 152 valence electrons. The molecule has 0 amide bonds. The van der Waals surface area contributed by atoms with E-state index in [1.807, 2.05) is 32.9 Å². The Morgan fingerprint density at radius 2 is 1.61 bits per heavy atom. The van der Waals surface area contributed by atoms with Gasteiger partial charge >= 0.3 is 5.97 Å². The van der Waals surface area contributed by atoms with Crippen LogP contribution in [0.4, 0.5) is 0 Å². The molecule has 1 aromatic carbocycles. The van der Waals surface area contributed by atoms with Crippen molar-refractivity contribution in [2.75, 3.05) is 13.1 Å². The van der Waals surface area contributed by atoms with Crippen LogP contribution in [0.1, 0.15) is 60.8 Å². The fourth-order valence-electron chi connectivity index (χ4n) is 5.13. The minimum absolute atomic E-state index is 0.118. The van der Waals surface area contributed by atoms with Gasteiger partial charge in [0.05, 0.1) is 12.2 Å². The lowest BCUT2D eigenvalue weighted by atomic mass is 9.80. The zero-order valence-corrected chi connectivity index (χ0v) is 17.1. The van der Waals surface area contributed by atoms with Crippen LogP contribution in [0.3, 0.4) is 0 Å². The van der Waals surface area contributed by atoms with E-state index in [9.17, 15) is 9.90 Å². The van der Waals surface area contributed by atoms with E-state index in [-0.39, 0.29) is 11.9 Å². The van der Waals surface area contributed by atoms with Crippen LogP contribution in [0.2, 0.25) is 0 Å². The molecule has 0 aromatic heterocycles. The van der Waals surface area contributed by atoms with E-state index >= 15 is 0 Å². The Morgan fingerprint density at radius 1 is 1.04 bits per heavy atom. The van der Waals surface area contributed by atoms with Gasteiger partial charge in [-0.1, -0.05) is 17.7 Å². The zero-order valence-electron chi connectivity index (χ0n) is 17.1. The largest absolute Gasteiger partial charge is 0.507 e. The molecule has 0 unspecified atom stereocenters. The lowest BCUT2D eigenvalue weighted by molar-refractivity contribution is -0.154. The smallest absolute Gasteiger partial charge is 0.343 e. The van der Waals surface area contributed by atoms with Crippen LogP contribution in [-0.2, 0) is 14.3 Å². The molecule has 2 N–H and O–H groups in total. The Morgan fingerprint density at radius 3 is 2.21 bits per heavy atom. The van der Waals surface area contributed by atoms with Gasteiger partial charge in [-0.3, -0.25) is 0 Å². The average Bonchev–Trinajstić information content (AvgIpc) is 2.88.